The minimum absolute atomic E-state index is 0.0698. The van der Waals surface area contributed by atoms with Crippen LogP contribution < -0.4 is 5.32 Å². The number of hydrogen-bond donors (Lipinski definition) is 3. The van der Waals surface area contributed by atoms with Crippen LogP contribution >= 0.6 is 0 Å². The molecule has 3 N–H and O–H groups in total. The van der Waals surface area contributed by atoms with E-state index in [1.807, 2.05) is 0 Å². The highest BCUT2D eigenvalue weighted by molar-refractivity contribution is 5.97. The Labute approximate surface area is 113 Å². The molecule has 0 aliphatic heterocycles. The molecule has 2 rings (SSSR count). The van der Waals surface area contributed by atoms with E-state index in [9.17, 15) is 15.0 Å². The summed E-state index contributed by atoms with van der Waals surface area (Å²) < 4.78 is 0. The van der Waals surface area contributed by atoms with Crippen LogP contribution in [0.15, 0.2) is 18.2 Å². The van der Waals surface area contributed by atoms with Crippen LogP contribution in [0.2, 0.25) is 0 Å². The molecule has 1 saturated carbocycles. The number of nitrogens with one attached hydrogen (secondary N) is 1. The van der Waals surface area contributed by atoms with E-state index in [2.05, 4.69) is 19.2 Å². The molecule has 1 fully saturated rings. The first-order valence-corrected chi connectivity index (χ1v) is 6.73. The Morgan fingerprint density at radius 1 is 1.32 bits per heavy atom. The number of amides is 1. The molecule has 1 aromatic carbocycles. The zero-order chi connectivity index (χ0) is 14.0. The van der Waals surface area contributed by atoms with Gasteiger partial charge in [0.05, 0.1) is 5.56 Å². The lowest BCUT2D eigenvalue weighted by Gasteiger charge is -2.39. The standard InChI is InChI=1S/C15H21NO3/c1-15(2)9-4-3-8-12(15)16-14(19)10-6-5-7-11(17)13(10)18/h5-7,12,17-18H,3-4,8-9H2,1-2H3,(H,16,19). The van der Waals surface area contributed by atoms with Gasteiger partial charge in [-0.25, -0.2) is 0 Å². The number of hydrogen-bond acceptors (Lipinski definition) is 3. The highest BCUT2D eigenvalue weighted by Gasteiger charge is 2.33. The van der Waals surface area contributed by atoms with Crippen molar-refractivity contribution in [3.63, 3.8) is 0 Å². The van der Waals surface area contributed by atoms with Crippen molar-refractivity contribution in [2.45, 2.75) is 45.6 Å². The fourth-order valence-electron chi connectivity index (χ4n) is 2.71. The molecular weight excluding hydrogens is 242 g/mol. The van der Waals surface area contributed by atoms with Crippen LogP contribution in [0.25, 0.3) is 0 Å². The molecular formula is C15H21NO3. The molecule has 0 aromatic heterocycles. The fourth-order valence-corrected chi connectivity index (χ4v) is 2.71. The van der Waals surface area contributed by atoms with Gasteiger partial charge in [0.15, 0.2) is 11.5 Å². The van der Waals surface area contributed by atoms with Crippen LogP contribution in [0.5, 0.6) is 11.5 Å². The quantitative estimate of drug-likeness (QED) is 0.719. The zero-order valence-corrected chi connectivity index (χ0v) is 11.4. The average molecular weight is 263 g/mol. The molecule has 0 saturated heterocycles. The fraction of sp³-hybridized carbons (Fsp3) is 0.533. The lowest BCUT2D eigenvalue weighted by molar-refractivity contribution is 0.0850. The number of rotatable bonds is 2. The molecule has 19 heavy (non-hydrogen) atoms. The molecule has 4 nitrogen and oxygen atoms in total. The summed E-state index contributed by atoms with van der Waals surface area (Å²) in [6.45, 7) is 4.30. The van der Waals surface area contributed by atoms with Crippen molar-refractivity contribution in [3.05, 3.63) is 23.8 Å². The maximum atomic E-state index is 12.2. The Balaban J connectivity index is 2.15. The molecule has 1 aliphatic carbocycles. The zero-order valence-electron chi connectivity index (χ0n) is 11.4. The third-order valence-corrected chi connectivity index (χ3v) is 4.07. The summed E-state index contributed by atoms with van der Waals surface area (Å²) in [5.41, 5.74) is 0.196. The summed E-state index contributed by atoms with van der Waals surface area (Å²) >= 11 is 0. The van der Waals surface area contributed by atoms with Crippen molar-refractivity contribution < 1.29 is 15.0 Å². The second kappa shape index (κ2) is 5.11. The molecule has 1 aliphatic rings. The third-order valence-electron chi connectivity index (χ3n) is 4.07. The van der Waals surface area contributed by atoms with Crippen molar-refractivity contribution in [1.82, 2.24) is 5.32 Å². The molecule has 1 aromatic rings. The lowest BCUT2D eigenvalue weighted by atomic mass is 9.73. The van der Waals surface area contributed by atoms with Gasteiger partial charge in [-0.05, 0) is 30.4 Å². The largest absolute Gasteiger partial charge is 0.504 e. The number of carbonyl (C=O) groups is 1. The van der Waals surface area contributed by atoms with E-state index < -0.39 is 0 Å². The van der Waals surface area contributed by atoms with E-state index in [-0.39, 0.29) is 34.4 Å². The summed E-state index contributed by atoms with van der Waals surface area (Å²) in [5.74, 6) is -0.947. The summed E-state index contributed by atoms with van der Waals surface area (Å²) in [7, 11) is 0. The smallest absolute Gasteiger partial charge is 0.255 e. The third kappa shape index (κ3) is 2.83. The molecule has 0 heterocycles. The predicted octanol–water partition coefficient (Wildman–Crippen LogP) is 2.80. The van der Waals surface area contributed by atoms with Gasteiger partial charge < -0.3 is 15.5 Å². The van der Waals surface area contributed by atoms with Gasteiger partial charge in [-0.15, -0.1) is 0 Å². The van der Waals surface area contributed by atoms with E-state index in [0.717, 1.165) is 19.3 Å². The van der Waals surface area contributed by atoms with Crippen molar-refractivity contribution in [2.24, 2.45) is 5.41 Å². The van der Waals surface area contributed by atoms with Crippen molar-refractivity contribution in [2.75, 3.05) is 0 Å². The summed E-state index contributed by atoms with van der Waals surface area (Å²) in [5, 5.41) is 22.1. The molecule has 1 amide bonds. The van der Waals surface area contributed by atoms with Gasteiger partial charge in [-0.1, -0.05) is 32.8 Å². The van der Waals surface area contributed by atoms with Crippen molar-refractivity contribution in [1.29, 1.82) is 0 Å². The number of phenols is 2. The molecule has 1 unspecified atom stereocenters. The number of phenolic OH excluding ortho intramolecular Hbond substituents is 2. The van der Waals surface area contributed by atoms with Crippen LogP contribution in [0.4, 0.5) is 0 Å². The predicted molar refractivity (Wildman–Crippen MR) is 73.3 cm³/mol. The van der Waals surface area contributed by atoms with Crippen LogP contribution in [-0.4, -0.2) is 22.2 Å². The highest BCUT2D eigenvalue weighted by Crippen LogP contribution is 2.36. The molecule has 104 valence electrons. The molecule has 1 atom stereocenters. The van der Waals surface area contributed by atoms with Crippen LogP contribution in [0, 0.1) is 5.41 Å². The second-order valence-corrected chi connectivity index (χ2v) is 5.93. The van der Waals surface area contributed by atoms with Gasteiger partial charge in [0.2, 0.25) is 0 Å². The molecule has 0 radical (unpaired) electrons. The van der Waals surface area contributed by atoms with Crippen LogP contribution in [0.1, 0.15) is 49.9 Å². The first-order valence-electron chi connectivity index (χ1n) is 6.73. The van der Waals surface area contributed by atoms with Gasteiger partial charge in [-0.2, -0.15) is 0 Å². The minimum atomic E-state index is -0.353. The van der Waals surface area contributed by atoms with Crippen LogP contribution in [-0.2, 0) is 0 Å². The van der Waals surface area contributed by atoms with E-state index in [1.165, 1.54) is 18.6 Å². The van der Waals surface area contributed by atoms with E-state index in [4.69, 9.17) is 0 Å². The Hall–Kier alpha value is -1.71. The Kier molecular flexibility index (Phi) is 3.69. The van der Waals surface area contributed by atoms with E-state index in [1.54, 1.807) is 6.07 Å². The van der Waals surface area contributed by atoms with Gasteiger partial charge in [-0.3, -0.25) is 4.79 Å². The maximum absolute atomic E-state index is 12.2. The topological polar surface area (TPSA) is 69.6 Å². The lowest BCUT2D eigenvalue weighted by Crippen LogP contribution is -2.46. The van der Waals surface area contributed by atoms with Crippen molar-refractivity contribution >= 4 is 5.91 Å². The number of aromatic hydroxyl groups is 2. The Bertz CT molecular complexity index is 482. The monoisotopic (exact) mass is 263 g/mol. The average Bonchev–Trinajstić information content (AvgIpc) is 2.35. The number of benzene rings is 1. The first kappa shape index (κ1) is 13.7. The van der Waals surface area contributed by atoms with E-state index >= 15 is 0 Å². The number of para-hydroxylation sites is 1. The minimum Gasteiger partial charge on any atom is -0.504 e. The Morgan fingerprint density at radius 3 is 2.74 bits per heavy atom. The normalized spacial score (nSPS) is 21.9. The maximum Gasteiger partial charge on any atom is 0.255 e. The van der Waals surface area contributed by atoms with Gasteiger partial charge in [0.1, 0.15) is 0 Å². The molecule has 0 bridgehead atoms. The first-order chi connectivity index (χ1) is 8.92. The van der Waals surface area contributed by atoms with Gasteiger partial charge >= 0.3 is 0 Å². The van der Waals surface area contributed by atoms with Crippen molar-refractivity contribution in [3.8, 4) is 11.5 Å². The van der Waals surface area contributed by atoms with Crippen LogP contribution in [0.3, 0.4) is 0 Å². The highest BCUT2D eigenvalue weighted by atomic mass is 16.3. The number of carbonyl (C=O) groups excluding carboxylic acids is 1. The summed E-state index contributed by atoms with van der Waals surface area (Å²) in [6.07, 6.45) is 4.35. The summed E-state index contributed by atoms with van der Waals surface area (Å²) in [4.78, 5) is 12.2. The molecule has 0 spiro atoms. The van der Waals surface area contributed by atoms with Gasteiger partial charge in [0, 0.05) is 6.04 Å². The SMILES string of the molecule is CC1(C)CCCCC1NC(=O)c1cccc(O)c1O. The van der Waals surface area contributed by atoms with Gasteiger partial charge in [0.25, 0.3) is 5.91 Å². The summed E-state index contributed by atoms with van der Waals surface area (Å²) in [6, 6.07) is 4.53. The second-order valence-electron chi connectivity index (χ2n) is 5.93. The Morgan fingerprint density at radius 2 is 2.05 bits per heavy atom. The molecule has 4 heteroatoms. The van der Waals surface area contributed by atoms with E-state index in [0.29, 0.717) is 0 Å².